The van der Waals surface area contributed by atoms with Gasteiger partial charge in [0.25, 0.3) is 0 Å². The fourth-order valence-corrected chi connectivity index (χ4v) is 3.58. The standard InChI is InChI=1S/C22H29N3O4/c1-22(2,3)29-21(28)25-12-10-15(11-13-25)16-6-5-7-17(14-16)24(4)18-8-9-19(26)23-20(18)27/h5-7,10,14,18H,8-9,11-13H2,1-4H3,(H,23,26,27). The number of benzene rings is 1. The van der Waals surface area contributed by atoms with Crippen LogP contribution >= 0.6 is 0 Å². The SMILES string of the molecule is CN(c1cccc(C2=CCN(C(=O)OC(C)(C)C)CC2)c1)C1CCC(=O)NC1=O. The number of carbonyl (C=O) groups is 3. The molecule has 0 aliphatic carbocycles. The second-order valence-corrected chi connectivity index (χ2v) is 8.53. The summed E-state index contributed by atoms with van der Waals surface area (Å²) in [6, 6.07) is 7.67. The van der Waals surface area contributed by atoms with Crippen molar-refractivity contribution < 1.29 is 19.1 Å². The Morgan fingerprint density at radius 1 is 1.24 bits per heavy atom. The molecule has 2 heterocycles. The average Bonchev–Trinajstić information content (AvgIpc) is 2.66. The molecule has 0 saturated carbocycles. The van der Waals surface area contributed by atoms with Gasteiger partial charge in [0.1, 0.15) is 11.6 Å². The first-order valence-corrected chi connectivity index (χ1v) is 9.98. The third-order valence-electron chi connectivity index (χ3n) is 5.16. The Morgan fingerprint density at radius 3 is 2.62 bits per heavy atom. The molecular formula is C22H29N3O4. The first kappa shape index (κ1) is 20.9. The van der Waals surface area contributed by atoms with E-state index in [0.717, 1.165) is 17.7 Å². The van der Waals surface area contributed by atoms with E-state index in [9.17, 15) is 14.4 Å². The van der Waals surface area contributed by atoms with Gasteiger partial charge in [-0.1, -0.05) is 18.2 Å². The van der Waals surface area contributed by atoms with E-state index in [-0.39, 0.29) is 23.9 Å². The minimum atomic E-state index is -0.504. The molecule has 29 heavy (non-hydrogen) atoms. The smallest absolute Gasteiger partial charge is 0.410 e. The summed E-state index contributed by atoms with van der Waals surface area (Å²) in [5.41, 5.74) is 2.66. The molecule has 2 aliphatic heterocycles. The summed E-state index contributed by atoms with van der Waals surface area (Å²) in [6.45, 7) is 6.70. The highest BCUT2D eigenvalue weighted by Gasteiger charge is 2.30. The fraction of sp³-hybridized carbons (Fsp3) is 0.500. The number of nitrogens with one attached hydrogen (secondary N) is 1. The molecule has 156 valence electrons. The quantitative estimate of drug-likeness (QED) is 0.791. The predicted molar refractivity (Wildman–Crippen MR) is 111 cm³/mol. The average molecular weight is 399 g/mol. The number of hydrogen-bond donors (Lipinski definition) is 1. The molecule has 0 spiro atoms. The number of rotatable bonds is 3. The van der Waals surface area contributed by atoms with E-state index in [0.29, 0.717) is 25.9 Å². The van der Waals surface area contributed by atoms with E-state index in [2.05, 4.69) is 17.5 Å². The van der Waals surface area contributed by atoms with Crippen LogP contribution in [0, 0.1) is 0 Å². The third-order valence-corrected chi connectivity index (χ3v) is 5.16. The second kappa shape index (κ2) is 8.27. The highest BCUT2D eigenvalue weighted by Crippen LogP contribution is 2.28. The summed E-state index contributed by atoms with van der Waals surface area (Å²) in [6.07, 6.45) is 3.37. The van der Waals surface area contributed by atoms with Crippen molar-refractivity contribution in [2.75, 3.05) is 25.0 Å². The van der Waals surface area contributed by atoms with Crippen LogP contribution in [0.1, 0.15) is 45.6 Å². The van der Waals surface area contributed by atoms with Gasteiger partial charge >= 0.3 is 6.09 Å². The summed E-state index contributed by atoms with van der Waals surface area (Å²) >= 11 is 0. The summed E-state index contributed by atoms with van der Waals surface area (Å²) in [7, 11) is 1.87. The maximum Gasteiger partial charge on any atom is 0.410 e. The molecule has 7 heteroatoms. The molecule has 1 atom stereocenters. The van der Waals surface area contributed by atoms with Crippen LogP contribution in [0.25, 0.3) is 5.57 Å². The number of likely N-dealkylation sites (N-methyl/N-ethyl adjacent to an activating group) is 1. The Labute approximate surface area is 171 Å². The van der Waals surface area contributed by atoms with Gasteiger partial charge < -0.3 is 14.5 Å². The highest BCUT2D eigenvalue weighted by atomic mass is 16.6. The molecule has 1 aromatic rings. The Hall–Kier alpha value is -2.83. The Bertz CT molecular complexity index is 841. The van der Waals surface area contributed by atoms with Crippen molar-refractivity contribution in [3.63, 3.8) is 0 Å². The van der Waals surface area contributed by atoms with Gasteiger partial charge in [-0.05, 0) is 56.9 Å². The van der Waals surface area contributed by atoms with Gasteiger partial charge in [0.15, 0.2) is 0 Å². The van der Waals surface area contributed by atoms with Gasteiger partial charge in [-0.15, -0.1) is 0 Å². The minimum Gasteiger partial charge on any atom is -0.444 e. The molecule has 1 aromatic carbocycles. The molecule has 0 aromatic heterocycles. The lowest BCUT2D eigenvalue weighted by molar-refractivity contribution is -0.134. The van der Waals surface area contributed by atoms with Crippen LogP contribution in [-0.2, 0) is 14.3 Å². The first-order valence-electron chi connectivity index (χ1n) is 9.98. The van der Waals surface area contributed by atoms with Crippen molar-refractivity contribution in [1.82, 2.24) is 10.2 Å². The number of piperidine rings is 1. The van der Waals surface area contributed by atoms with Crippen LogP contribution in [0.2, 0.25) is 0 Å². The van der Waals surface area contributed by atoms with Crippen molar-refractivity contribution >= 4 is 29.2 Å². The Morgan fingerprint density at radius 2 is 2.00 bits per heavy atom. The molecule has 0 bridgehead atoms. The minimum absolute atomic E-state index is 0.213. The topological polar surface area (TPSA) is 79.0 Å². The lowest BCUT2D eigenvalue weighted by Gasteiger charge is -2.32. The number of hydrogen-bond acceptors (Lipinski definition) is 5. The van der Waals surface area contributed by atoms with Crippen LogP contribution < -0.4 is 10.2 Å². The van der Waals surface area contributed by atoms with Gasteiger partial charge in [-0.3, -0.25) is 14.9 Å². The van der Waals surface area contributed by atoms with Gasteiger partial charge in [0.05, 0.1) is 0 Å². The van der Waals surface area contributed by atoms with Crippen LogP contribution in [-0.4, -0.2) is 54.6 Å². The van der Waals surface area contributed by atoms with Crippen LogP contribution in [0.3, 0.4) is 0 Å². The first-order chi connectivity index (χ1) is 13.6. The molecule has 1 N–H and O–H groups in total. The molecule has 3 amide bonds. The van der Waals surface area contributed by atoms with Gasteiger partial charge in [0.2, 0.25) is 11.8 Å². The number of amides is 3. The number of ether oxygens (including phenoxy) is 1. The summed E-state index contributed by atoms with van der Waals surface area (Å²) in [5, 5.41) is 2.41. The molecule has 2 aliphatic rings. The van der Waals surface area contributed by atoms with Crippen LogP contribution in [0.5, 0.6) is 0 Å². The van der Waals surface area contributed by atoms with E-state index < -0.39 is 5.60 Å². The van der Waals surface area contributed by atoms with Gasteiger partial charge in [0, 0.05) is 32.2 Å². The number of carbonyl (C=O) groups excluding carboxylic acids is 3. The normalized spacial score (nSPS) is 20.1. The van der Waals surface area contributed by atoms with Crippen molar-refractivity contribution in [1.29, 1.82) is 0 Å². The van der Waals surface area contributed by atoms with Crippen LogP contribution in [0.15, 0.2) is 30.3 Å². The molecule has 0 radical (unpaired) electrons. The number of imide groups is 1. The van der Waals surface area contributed by atoms with Crippen molar-refractivity contribution in [2.45, 2.75) is 51.7 Å². The van der Waals surface area contributed by atoms with E-state index in [1.165, 1.54) is 5.57 Å². The lowest BCUT2D eigenvalue weighted by atomic mass is 9.98. The number of nitrogens with zero attached hydrogens (tertiary/aromatic N) is 2. The van der Waals surface area contributed by atoms with Crippen molar-refractivity contribution in [3.05, 3.63) is 35.9 Å². The zero-order valence-corrected chi connectivity index (χ0v) is 17.5. The number of anilines is 1. The molecular weight excluding hydrogens is 370 g/mol. The summed E-state index contributed by atoms with van der Waals surface area (Å²) in [5.74, 6) is -0.464. The third kappa shape index (κ3) is 5.16. The fourth-order valence-electron chi connectivity index (χ4n) is 3.58. The second-order valence-electron chi connectivity index (χ2n) is 8.53. The maximum absolute atomic E-state index is 12.2. The van der Waals surface area contributed by atoms with E-state index >= 15 is 0 Å². The van der Waals surface area contributed by atoms with Crippen LogP contribution in [0.4, 0.5) is 10.5 Å². The van der Waals surface area contributed by atoms with E-state index in [1.54, 1.807) is 4.90 Å². The lowest BCUT2D eigenvalue weighted by Crippen LogP contribution is -2.51. The van der Waals surface area contributed by atoms with Gasteiger partial charge in [-0.2, -0.15) is 0 Å². The van der Waals surface area contributed by atoms with Crippen molar-refractivity contribution in [2.24, 2.45) is 0 Å². The zero-order chi connectivity index (χ0) is 21.2. The molecule has 3 rings (SSSR count). The monoisotopic (exact) mass is 399 g/mol. The Kier molecular flexibility index (Phi) is 5.96. The Balaban J connectivity index is 1.69. The molecule has 1 saturated heterocycles. The van der Waals surface area contributed by atoms with Crippen molar-refractivity contribution in [3.8, 4) is 0 Å². The van der Waals surface area contributed by atoms with Gasteiger partial charge in [-0.25, -0.2) is 4.79 Å². The largest absolute Gasteiger partial charge is 0.444 e. The summed E-state index contributed by atoms with van der Waals surface area (Å²) in [4.78, 5) is 39.4. The van der Waals surface area contributed by atoms with E-state index in [4.69, 9.17) is 4.74 Å². The van der Waals surface area contributed by atoms with E-state index in [1.807, 2.05) is 50.9 Å². The zero-order valence-electron chi connectivity index (χ0n) is 17.5. The predicted octanol–water partition coefficient (Wildman–Crippen LogP) is 2.95. The maximum atomic E-state index is 12.2. The molecule has 1 fully saturated rings. The molecule has 1 unspecified atom stereocenters. The molecule has 7 nitrogen and oxygen atoms in total. The highest BCUT2D eigenvalue weighted by molar-refractivity contribution is 6.01. The summed E-state index contributed by atoms with van der Waals surface area (Å²) < 4.78 is 5.44.